The minimum Gasteiger partial charge on any atom is -0.872 e. The first-order valence-electron chi connectivity index (χ1n) is 7.84. The van der Waals surface area contributed by atoms with E-state index >= 15 is 0 Å². The van der Waals surface area contributed by atoms with Crippen LogP contribution in [-0.2, 0) is 0 Å². The summed E-state index contributed by atoms with van der Waals surface area (Å²) in [7, 11) is 0. The summed E-state index contributed by atoms with van der Waals surface area (Å²) < 4.78 is 0. The second-order valence-electron chi connectivity index (χ2n) is 5.59. The average Bonchev–Trinajstić information content (AvgIpc) is 2.67. The summed E-state index contributed by atoms with van der Waals surface area (Å²) in [5, 5.41) is 23.2. The lowest BCUT2D eigenvalue weighted by molar-refractivity contribution is -0.385. The first-order valence-corrected chi connectivity index (χ1v) is 8.22. The molecule has 27 heavy (non-hydrogen) atoms. The first kappa shape index (κ1) is 18.3. The standard InChI is InChI=1S/C20H13ClN2O4/c21-15-6-8-17(20(25)13-4-2-1-3-5-13)18(11-15)22-12-14-10-16(23(26)27)7-9-19(14)24/h1-12,24H/p-1. The van der Waals surface area contributed by atoms with Crippen molar-refractivity contribution in [1.29, 1.82) is 0 Å². The van der Waals surface area contributed by atoms with Crippen LogP contribution >= 0.6 is 11.6 Å². The molecule has 3 aromatic carbocycles. The quantitative estimate of drug-likeness (QED) is 0.285. The Bertz CT molecular complexity index is 1050. The molecule has 0 radical (unpaired) electrons. The van der Waals surface area contributed by atoms with Crippen molar-refractivity contribution in [2.45, 2.75) is 0 Å². The normalized spacial score (nSPS) is 10.9. The molecule has 0 fully saturated rings. The van der Waals surface area contributed by atoms with Crippen molar-refractivity contribution in [3.8, 4) is 5.75 Å². The van der Waals surface area contributed by atoms with E-state index in [0.717, 1.165) is 18.2 Å². The van der Waals surface area contributed by atoms with E-state index in [1.807, 2.05) is 0 Å². The van der Waals surface area contributed by atoms with Gasteiger partial charge in [-0.05, 0) is 23.8 Å². The van der Waals surface area contributed by atoms with Crippen LogP contribution in [0.3, 0.4) is 0 Å². The maximum Gasteiger partial charge on any atom is 0.270 e. The Labute approximate surface area is 159 Å². The van der Waals surface area contributed by atoms with Crippen LogP contribution in [0.4, 0.5) is 11.4 Å². The van der Waals surface area contributed by atoms with E-state index in [2.05, 4.69) is 4.99 Å². The van der Waals surface area contributed by atoms with Crippen molar-refractivity contribution in [3.05, 3.63) is 98.6 Å². The molecular formula is C20H12ClN2O4-. The Morgan fingerprint density at radius 1 is 1.04 bits per heavy atom. The van der Waals surface area contributed by atoms with Crippen LogP contribution in [-0.4, -0.2) is 16.9 Å². The number of hydrogen-bond acceptors (Lipinski definition) is 5. The molecule has 0 spiro atoms. The van der Waals surface area contributed by atoms with E-state index < -0.39 is 10.7 Å². The van der Waals surface area contributed by atoms with E-state index in [0.29, 0.717) is 16.1 Å². The summed E-state index contributed by atoms with van der Waals surface area (Å²) in [6.07, 6.45) is 1.20. The summed E-state index contributed by atoms with van der Waals surface area (Å²) in [6, 6.07) is 16.6. The van der Waals surface area contributed by atoms with Gasteiger partial charge in [-0.2, -0.15) is 0 Å². The Morgan fingerprint density at radius 2 is 1.78 bits per heavy atom. The van der Waals surface area contributed by atoms with Crippen molar-refractivity contribution in [2.24, 2.45) is 4.99 Å². The maximum absolute atomic E-state index is 12.7. The number of nitrogens with zero attached hydrogens (tertiary/aromatic N) is 2. The zero-order valence-corrected chi connectivity index (χ0v) is 14.6. The molecule has 0 aromatic heterocycles. The Kier molecular flexibility index (Phi) is 5.28. The third-order valence-electron chi connectivity index (χ3n) is 3.79. The summed E-state index contributed by atoms with van der Waals surface area (Å²) in [4.78, 5) is 27.2. The molecule has 134 valence electrons. The molecule has 0 N–H and O–H groups in total. The van der Waals surface area contributed by atoms with Gasteiger partial charge < -0.3 is 5.11 Å². The minimum absolute atomic E-state index is 0.0438. The number of ketones is 1. The Morgan fingerprint density at radius 3 is 2.48 bits per heavy atom. The van der Waals surface area contributed by atoms with Gasteiger partial charge in [0.15, 0.2) is 5.78 Å². The van der Waals surface area contributed by atoms with Crippen molar-refractivity contribution < 1.29 is 14.8 Å². The molecule has 0 saturated carbocycles. The van der Waals surface area contributed by atoms with Crippen LogP contribution in [0.15, 0.2) is 71.7 Å². The predicted molar refractivity (Wildman–Crippen MR) is 101 cm³/mol. The van der Waals surface area contributed by atoms with Crippen molar-refractivity contribution in [2.75, 3.05) is 0 Å². The molecule has 0 aliphatic heterocycles. The third kappa shape index (κ3) is 4.19. The van der Waals surface area contributed by atoms with E-state index in [9.17, 15) is 20.0 Å². The number of benzene rings is 3. The van der Waals surface area contributed by atoms with Crippen LogP contribution < -0.4 is 5.11 Å². The fourth-order valence-corrected chi connectivity index (χ4v) is 2.60. The molecule has 0 saturated heterocycles. The molecule has 6 nitrogen and oxygen atoms in total. The van der Waals surface area contributed by atoms with E-state index in [4.69, 9.17) is 11.6 Å². The van der Waals surface area contributed by atoms with Crippen molar-refractivity contribution in [3.63, 3.8) is 0 Å². The SMILES string of the molecule is O=C(c1ccccc1)c1ccc(Cl)cc1N=Cc1cc([N+](=O)[O-])ccc1[O-]. The molecule has 0 aliphatic carbocycles. The van der Waals surface area contributed by atoms with E-state index in [-0.39, 0.29) is 22.7 Å². The third-order valence-corrected chi connectivity index (χ3v) is 4.02. The van der Waals surface area contributed by atoms with Gasteiger partial charge in [-0.3, -0.25) is 19.9 Å². The minimum atomic E-state index is -0.597. The first-order chi connectivity index (χ1) is 13.0. The number of nitro groups is 1. The number of aliphatic imine (C=N–C) groups is 1. The zero-order valence-electron chi connectivity index (χ0n) is 13.8. The number of nitro benzene ring substituents is 1. The lowest BCUT2D eigenvalue weighted by atomic mass is 10.0. The van der Waals surface area contributed by atoms with Gasteiger partial charge in [0.25, 0.3) is 5.69 Å². The van der Waals surface area contributed by atoms with Crippen LogP contribution in [0.5, 0.6) is 5.75 Å². The van der Waals surface area contributed by atoms with E-state index in [1.54, 1.807) is 42.5 Å². The summed E-state index contributed by atoms with van der Waals surface area (Å²) >= 11 is 6.01. The van der Waals surface area contributed by atoms with Crippen LogP contribution in [0, 0.1) is 10.1 Å². The molecule has 0 unspecified atom stereocenters. The molecule has 3 rings (SSSR count). The van der Waals surface area contributed by atoms with Gasteiger partial charge in [0.1, 0.15) is 0 Å². The number of carbonyl (C=O) groups excluding carboxylic acids is 1. The Hall–Kier alpha value is -3.51. The van der Waals surface area contributed by atoms with Gasteiger partial charge >= 0.3 is 0 Å². The highest BCUT2D eigenvalue weighted by Crippen LogP contribution is 2.27. The van der Waals surface area contributed by atoms with Gasteiger partial charge in [-0.25, -0.2) is 0 Å². The van der Waals surface area contributed by atoms with Crippen LogP contribution in [0.2, 0.25) is 5.02 Å². The number of hydrogen-bond donors (Lipinski definition) is 0. The molecule has 0 heterocycles. The summed E-state index contributed by atoms with van der Waals surface area (Å²) in [5.74, 6) is -0.664. The fraction of sp³-hybridized carbons (Fsp3) is 0. The highest BCUT2D eigenvalue weighted by molar-refractivity contribution is 6.31. The van der Waals surface area contributed by atoms with Gasteiger partial charge in [0.05, 0.1) is 10.6 Å². The second kappa shape index (κ2) is 7.80. The number of non-ortho nitro benzene ring substituents is 1. The monoisotopic (exact) mass is 379 g/mol. The van der Waals surface area contributed by atoms with Gasteiger partial charge in [-0.15, -0.1) is 0 Å². The highest BCUT2D eigenvalue weighted by Gasteiger charge is 2.14. The molecule has 0 aliphatic rings. The number of halogens is 1. The molecule has 0 amide bonds. The van der Waals surface area contributed by atoms with Crippen molar-refractivity contribution in [1.82, 2.24) is 0 Å². The molecule has 0 atom stereocenters. The smallest absolute Gasteiger partial charge is 0.270 e. The molecule has 0 bridgehead atoms. The van der Waals surface area contributed by atoms with E-state index in [1.165, 1.54) is 12.3 Å². The van der Waals surface area contributed by atoms with Gasteiger partial charge in [0.2, 0.25) is 0 Å². The van der Waals surface area contributed by atoms with Crippen LogP contribution in [0.1, 0.15) is 21.5 Å². The summed E-state index contributed by atoms with van der Waals surface area (Å²) in [6.45, 7) is 0. The summed E-state index contributed by atoms with van der Waals surface area (Å²) in [5.41, 5.74) is 0.878. The predicted octanol–water partition coefficient (Wildman–Crippen LogP) is 4.30. The molecule has 7 heteroatoms. The van der Waals surface area contributed by atoms with Crippen LogP contribution in [0.25, 0.3) is 0 Å². The molecular weight excluding hydrogens is 368 g/mol. The lowest BCUT2D eigenvalue weighted by Gasteiger charge is -2.09. The van der Waals surface area contributed by atoms with Gasteiger partial charge in [-0.1, -0.05) is 53.7 Å². The number of rotatable bonds is 5. The Balaban J connectivity index is 2.01. The van der Waals surface area contributed by atoms with Gasteiger partial charge in [0, 0.05) is 34.5 Å². The maximum atomic E-state index is 12.7. The average molecular weight is 380 g/mol. The lowest BCUT2D eigenvalue weighted by Crippen LogP contribution is -2.02. The highest BCUT2D eigenvalue weighted by atomic mass is 35.5. The zero-order chi connectivity index (χ0) is 19.4. The number of carbonyl (C=O) groups is 1. The topological polar surface area (TPSA) is 95.6 Å². The van der Waals surface area contributed by atoms with Crippen molar-refractivity contribution >= 4 is 35.0 Å². The fourth-order valence-electron chi connectivity index (χ4n) is 2.44. The molecule has 3 aromatic rings. The second-order valence-corrected chi connectivity index (χ2v) is 6.03. The largest absolute Gasteiger partial charge is 0.872 e.